The number of ether oxygens (including phenoxy) is 1. The van der Waals surface area contributed by atoms with Crippen molar-refractivity contribution in [2.24, 2.45) is 0 Å². The standard InChI is InChI=1S/C19H18N2O3S/c1-3-24-18(23)14-5-4-6-15(11-14)20-19-21-17(12(2)25-19)13-7-9-16(22)10-8-13/h4-11,22H,3H2,1-2H3,(H,20,21). The summed E-state index contributed by atoms with van der Waals surface area (Å²) in [4.78, 5) is 17.5. The van der Waals surface area contributed by atoms with Crippen molar-refractivity contribution in [2.45, 2.75) is 13.8 Å². The first kappa shape index (κ1) is 17.0. The van der Waals surface area contributed by atoms with Crippen LogP contribution in [-0.2, 0) is 4.74 Å². The Morgan fingerprint density at radius 3 is 2.72 bits per heavy atom. The van der Waals surface area contributed by atoms with Crippen molar-refractivity contribution in [1.29, 1.82) is 0 Å². The number of hydrogen-bond acceptors (Lipinski definition) is 6. The zero-order valence-corrected chi connectivity index (χ0v) is 14.8. The Hall–Kier alpha value is -2.86. The van der Waals surface area contributed by atoms with Crippen LogP contribution in [0.2, 0.25) is 0 Å². The highest BCUT2D eigenvalue weighted by Crippen LogP contribution is 2.32. The average Bonchev–Trinajstić information content (AvgIpc) is 2.96. The summed E-state index contributed by atoms with van der Waals surface area (Å²) in [6.07, 6.45) is 0. The molecule has 2 N–H and O–H groups in total. The summed E-state index contributed by atoms with van der Waals surface area (Å²) in [7, 11) is 0. The molecule has 0 spiro atoms. The maximum absolute atomic E-state index is 11.8. The van der Waals surface area contributed by atoms with E-state index in [0.29, 0.717) is 12.2 Å². The average molecular weight is 354 g/mol. The van der Waals surface area contributed by atoms with Crippen LogP contribution in [0.25, 0.3) is 11.3 Å². The van der Waals surface area contributed by atoms with Gasteiger partial charge in [-0.15, -0.1) is 11.3 Å². The van der Waals surface area contributed by atoms with Gasteiger partial charge in [0.1, 0.15) is 5.75 Å². The van der Waals surface area contributed by atoms with Crippen LogP contribution >= 0.6 is 11.3 Å². The molecule has 0 unspecified atom stereocenters. The number of aryl methyl sites for hydroxylation is 1. The Kier molecular flexibility index (Phi) is 5.00. The predicted octanol–water partition coefficient (Wildman–Crippen LogP) is 4.74. The summed E-state index contributed by atoms with van der Waals surface area (Å²) >= 11 is 1.53. The fourth-order valence-corrected chi connectivity index (χ4v) is 3.25. The smallest absolute Gasteiger partial charge is 0.338 e. The highest BCUT2D eigenvalue weighted by molar-refractivity contribution is 7.16. The lowest BCUT2D eigenvalue weighted by molar-refractivity contribution is 0.0526. The summed E-state index contributed by atoms with van der Waals surface area (Å²) in [6, 6.07) is 14.1. The van der Waals surface area contributed by atoms with E-state index in [1.54, 1.807) is 37.3 Å². The summed E-state index contributed by atoms with van der Waals surface area (Å²) in [5.74, 6) is -0.114. The van der Waals surface area contributed by atoms with Crippen LogP contribution in [0.5, 0.6) is 5.75 Å². The Labute approximate surface area is 149 Å². The molecule has 0 bridgehead atoms. The van der Waals surface area contributed by atoms with E-state index in [-0.39, 0.29) is 11.7 Å². The number of phenolic OH excluding ortho intramolecular Hbond substituents is 1. The number of phenols is 1. The third kappa shape index (κ3) is 3.97. The highest BCUT2D eigenvalue weighted by Gasteiger charge is 2.11. The van der Waals surface area contributed by atoms with Crippen LogP contribution in [0.4, 0.5) is 10.8 Å². The van der Waals surface area contributed by atoms with Crippen molar-refractivity contribution in [1.82, 2.24) is 4.98 Å². The zero-order valence-electron chi connectivity index (χ0n) is 13.9. The fourth-order valence-electron chi connectivity index (χ4n) is 2.40. The molecular weight excluding hydrogens is 336 g/mol. The number of carbonyl (C=O) groups excluding carboxylic acids is 1. The monoisotopic (exact) mass is 354 g/mol. The van der Waals surface area contributed by atoms with Crippen molar-refractivity contribution >= 4 is 28.1 Å². The number of aromatic nitrogens is 1. The number of rotatable bonds is 5. The van der Waals surface area contributed by atoms with E-state index in [1.165, 1.54) is 11.3 Å². The van der Waals surface area contributed by atoms with Crippen molar-refractivity contribution in [3.63, 3.8) is 0 Å². The molecule has 128 valence electrons. The number of benzene rings is 2. The SMILES string of the molecule is CCOC(=O)c1cccc(Nc2nc(-c3ccc(O)cc3)c(C)s2)c1. The number of hydrogen-bond donors (Lipinski definition) is 2. The molecule has 0 saturated carbocycles. The van der Waals surface area contributed by atoms with E-state index in [1.807, 2.05) is 25.1 Å². The van der Waals surface area contributed by atoms with Crippen LogP contribution in [0.3, 0.4) is 0 Å². The predicted molar refractivity (Wildman–Crippen MR) is 99.6 cm³/mol. The van der Waals surface area contributed by atoms with Crippen molar-refractivity contribution in [3.05, 3.63) is 59.0 Å². The Morgan fingerprint density at radius 1 is 1.24 bits per heavy atom. The molecule has 1 aromatic heterocycles. The van der Waals surface area contributed by atoms with Gasteiger partial charge in [0.25, 0.3) is 0 Å². The van der Waals surface area contributed by atoms with E-state index < -0.39 is 0 Å². The molecule has 2 aromatic carbocycles. The normalized spacial score (nSPS) is 10.5. The molecule has 0 radical (unpaired) electrons. The molecule has 0 saturated heterocycles. The second-order valence-corrected chi connectivity index (χ2v) is 6.60. The summed E-state index contributed by atoms with van der Waals surface area (Å²) in [5.41, 5.74) is 3.09. The Morgan fingerprint density at radius 2 is 2.00 bits per heavy atom. The first-order valence-corrected chi connectivity index (χ1v) is 8.69. The molecule has 5 nitrogen and oxygen atoms in total. The van der Waals surface area contributed by atoms with Crippen LogP contribution in [0, 0.1) is 6.92 Å². The number of aromatic hydroxyl groups is 1. The molecule has 25 heavy (non-hydrogen) atoms. The molecule has 0 amide bonds. The topological polar surface area (TPSA) is 71.5 Å². The third-order valence-corrected chi connectivity index (χ3v) is 4.45. The van der Waals surface area contributed by atoms with Crippen molar-refractivity contribution in [3.8, 4) is 17.0 Å². The lowest BCUT2D eigenvalue weighted by atomic mass is 10.1. The van der Waals surface area contributed by atoms with Gasteiger partial charge in [0.05, 0.1) is 17.9 Å². The Bertz CT molecular complexity index is 888. The summed E-state index contributed by atoms with van der Waals surface area (Å²) in [6.45, 7) is 4.13. The minimum atomic E-state index is -0.341. The second kappa shape index (κ2) is 7.36. The van der Waals surface area contributed by atoms with Gasteiger partial charge in [-0.05, 0) is 56.3 Å². The van der Waals surface area contributed by atoms with Crippen molar-refractivity contribution in [2.75, 3.05) is 11.9 Å². The largest absolute Gasteiger partial charge is 0.508 e. The van der Waals surface area contributed by atoms with Crippen LogP contribution in [0.1, 0.15) is 22.2 Å². The second-order valence-electron chi connectivity index (χ2n) is 5.40. The lowest BCUT2D eigenvalue weighted by Gasteiger charge is -2.05. The molecule has 3 aromatic rings. The van der Waals surface area contributed by atoms with E-state index >= 15 is 0 Å². The maximum atomic E-state index is 11.8. The minimum absolute atomic E-state index is 0.228. The maximum Gasteiger partial charge on any atom is 0.338 e. The fraction of sp³-hybridized carbons (Fsp3) is 0.158. The molecule has 3 rings (SSSR count). The van der Waals surface area contributed by atoms with Crippen LogP contribution in [-0.4, -0.2) is 22.7 Å². The number of nitrogens with zero attached hydrogens (tertiary/aromatic N) is 1. The van der Waals surface area contributed by atoms with Crippen LogP contribution < -0.4 is 5.32 Å². The van der Waals surface area contributed by atoms with E-state index in [2.05, 4.69) is 10.3 Å². The molecular formula is C19H18N2O3S. The minimum Gasteiger partial charge on any atom is -0.508 e. The van der Waals surface area contributed by atoms with E-state index in [0.717, 1.165) is 27.0 Å². The van der Waals surface area contributed by atoms with Crippen LogP contribution in [0.15, 0.2) is 48.5 Å². The first-order valence-electron chi connectivity index (χ1n) is 7.88. The van der Waals surface area contributed by atoms with Gasteiger partial charge < -0.3 is 15.2 Å². The highest BCUT2D eigenvalue weighted by atomic mass is 32.1. The van der Waals surface area contributed by atoms with E-state index in [9.17, 15) is 9.90 Å². The number of nitrogens with one attached hydrogen (secondary N) is 1. The number of carbonyl (C=O) groups is 1. The zero-order chi connectivity index (χ0) is 17.8. The molecule has 1 heterocycles. The summed E-state index contributed by atoms with van der Waals surface area (Å²) < 4.78 is 5.02. The van der Waals surface area contributed by atoms with Gasteiger partial charge in [-0.3, -0.25) is 0 Å². The van der Waals surface area contributed by atoms with E-state index in [4.69, 9.17) is 4.74 Å². The molecule has 0 aliphatic rings. The molecule has 0 atom stereocenters. The first-order chi connectivity index (χ1) is 12.1. The van der Waals surface area contributed by atoms with Gasteiger partial charge in [0.2, 0.25) is 0 Å². The lowest BCUT2D eigenvalue weighted by Crippen LogP contribution is -2.04. The van der Waals surface area contributed by atoms with Crippen molar-refractivity contribution < 1.29 is 14.6 Å². The Balaban J connectivity index is 1.82. The van der Waals surface area contributed by atoms with Gasteiger partial charge in [0.15, 0.2) is 5.13 Å². The quantitative estimate of drug-likeness (QED) is 0.647. The number of anilines is 2. The molecule has 0 aliphatic heterocycles. The molecule has 0 aliphatic carbocycles. The summed E-state index contributed by atoms with van der Waals surface area (Å²) in [5, 5.41) is 13.4. The molecule has 6 heteroatoms. The third-order valence-electron chi connectivity index (χ3n) is 3.56. The van der Waals surface area contributed by atoms with Gasteiger partial charge in [0, 0.05) is 16.1 Å². The van der Waals surface area contributed by atoms with Gasteiger partial charge in [-0.1, -0.05) is 6.07 Å². The van der Waals surface area contributed by atoms with Gasteiger partial charge in [-0.25, -0.2) is 9.78 Å². The number of thiazole rings is 1. The van der Waals surface area contributed by atoms with Gasteiger partial charge in [-0.2, -0.15) is 0 Å². The van der Waals surface area contributed by atoms with Gasteiger partial charge >= 0.3 is 5.97 Å². The molecule has 0 fully saturated rings. The number of esters is 1.